The van der Waals surface area contributed by atoms with Gasteiger partial charge in [0, 0.05) is 49.8 Å². The van der Waals surface area contributed by atoms with Crippen molar-refractivity contribution in [1.82, 2.24) is 49.2 Å². The Bertz CT molecular complexity index is 4010. The number of fused-ring (bicyclic) bond motifs is 5. The highest BCUT2D eigenvalue weighted by molar-refractivity contribution is 9.10. The van der Waals surface area contributed by atoms with Gasteiger partial charge in [-0.2, -0.15) is 13.5 Å². The minimum Gasteiger partial charge on any atom is -0.488 e. The highest BCUT2D eigenvalue weighted by Crippen LogP contribution is 2.31. The van der Waals surface area contributed by atoms with E-state index in [-0.39, 0.29) is 41.3 Å². The molecule has 518 valence electrons. The fraction of sp³-hybridized carbons (Fsp3) is 0.439. The number of hydrogen-bond donors (Lipinski definition) is 7. The summed E-state index contributed by atoms with van der Waals surface area (Å²) in [5.41, 5.74) is 8.48. The van der Waals surface area contributed by atoms with Gasteiger partial charge in [-0.25, -0.2) is 34.1 Å². The van der Waals surface area contributed by atoms with E-state index < -0.39 is 10.1 Å². The largest absolute Gasteiger partial charge is 0.488 e. The summed E-state index contributed by atoms with van der Waals surface area (Å²) in [7, 11) is -4.08. The Kier molecular flexibility index (Phi) is 29.7. The molecule has 4 aliphatic heterocycles. The minimum absolute atomic E-state index is 0.0260. The second-order valence-corrected chi connectivity index (χ2v) is 25.6. The summed E-state index contributed by atoms with van der Waals surface area (Å²) in [5.74, 6) is 12.1. The molecule has 0 radical (unpaired) electrons. The Balaban J connectivity index is 0.000000182. The molecule has 12 rings (SSSR count). The highest BCUT2D eigenvalue weighted by atomic mass is 79.9. The summed E-state index contributed by atoms with van der Waals surface area (Å²) in [4.78, 5) is 51.3. The number of carbonyl (C=O) groups is 2. The first kappa shape index (κ1) is 76.6. The van der Waals surface area contributed by atoms with Crippen LogP contribution >= 0.6 is 31.9 Å². The maximum Gasteiger partial charge on any atom is 0.295 e. The van der Waals surface area contributed by atoms with Gasteiger partial charge in [0.05, 0.1) is 45.8 Å². The molecule has 1 aromatic carbocycles. The molecule has 0 saturated carbocycles. The average Bonchev–Trinajstić information content (AvgIpc) is 1.64. The molecule has 8 N–H and O–H groups in total. The van der Waals surface area contributed by atoms with Crippen molar-refractivity contribution >= 4 is 83.1 Å². The first-order chi connectivity index (χ1) is 45.7. The maximum absolute atomic E-state index is 10.9. The molecule has 3 atom stereocenters. The Hall–Kier alpha value is -8.42. The summed E-state index contributed by atoms with van der Waals surface area (Å²) in [5, 5.41) is 24.4. The predicted octanol–water partition coefficient (Wildman–Crippen LogP) is 10.5. The van der Waals surface area contributed by atoms with Crippen molar-refractivity contribution < 1.29 is 51.0 Å². The lowest BCUT2D eigenvalue weighted by molar-refractivity contribution is -0.139. The molecular weight excluding hydrogens is 1380 g/mol. The van der Waals surface area contributed by atoms with Gasteiger partial charge in [0.1, 0.15) is 35.3 Å². The Morgan fingerprint density at radius 3 is 1.65 bits per heavy atom. The lowest BCUT2D eigenvalue weighted by Gasteiger charge is -2.24. The van der Waals surface area contributed by atoms with Crippen LogP contribution in [0.15, 0.2) is 87.2 Å². The molecule has 4 aliphatic rings. The van der Waals surface area contributed by atoms with Gasteiger partial charge in [0.15, 0.2) is 76.1 Å². The number of carbonyl (C=O) groups excluding carboxylic acids is 2. The number of nitrogen functional groups attached to an aromatic ring is 1. The SMILES string of the molecule is CC1COc2ccc(Br)nc2N1.CC1COc2ccc(CCC=O)nc2N1.CCCC(OCC)OCC.Cc1cc(C)c(S(=O)(=O)O)c(C)c1.Cc1ncc(C)n(N)c1=N.Cc1ncc(C)n2nc(CCc3ccc4c(n3)NC(C)CO4)nc12.O=C1COc2ccc(Br)nc2N1. The standard InChI is InChI=1S/C17H20N6O.C11H14N2O2.C9H12O3S.C8H9BrN2O.C8H18O2.C7H5BrN2O2.C6H10N4/c1-10-9-24-14-6-4-13(20-16(14)19-10)5-7-15-21-17-12(3)18-8-11(2)23(17)22-15;1-8-7-15-10-5-4-9(3-2-6-14)13-11(10)12-8;1-6-4-7(2)9(8(3)5-6)13(10,11)12;1-5-4-12-6-2-3-7(9)11-8(6)10-5;1-4-7-8(9-5-2)10-6-3;8-5-2-1-4-7(9-5)10-6(11)3-12-4;1-4-3-9-5(2)6(7)10(4)8/h4,6,8,10H,5,7,9H2,1-3H3,(H,19,20);4-6,8H,2-3,7H2,1H3,(H,12,13);4-5H,1-3H3,(H,10,11,12);2-3,5H,4H2,1H3,(H,10,11);8H,4-7H2,1-3H3;1-2H,3H2,(H,9,10,11);3,7H,8H2,1-2H3. The van der Waals surface area contributed by atoms with E-state index in [0.29, 0.717) is 71.7 Å². The van der Waals surface area contributed by atoms with Crippen molar-refractivity contribution in [3.05, 3.63) is 144 Å². The van der Waals surface area contributed by atoms with E-state index in [9.17, 15) is 18.0 Å². The van der Waals surface area contributed by atoms with E-state index in [1.54, 1.807) is 51.2 Å². The number of halogens is 2. The van der Waals surface area contributed by atoms with E-state index >= 15 is 0 Å². The van der Waals surface area contributed by atoms with Gasteiger partial charge >= 0.3 is 0 Å². The van der Waals surface area contributed by atoms with E-state index in [1.807, 2.05) is 95.6 Å². The van der Waals surface area contributed by atoms with Gasteiger partial charge in [-0.15, -0.1) is 0 Å². The first-order valence-corrected chi connectivity index (χ1v) is 34.4. The molecule has 0 saturated heterocycles. The molecule has 27 nitrogen and oxygen atoms in total. The zero-order valence-corrected chi connectivity index (χ0v) is 60.5. The van der Waals surface area contributed by atoms with Gasteiger partial charge in [-0.3, -0.25) is 24.7 Å². The Labute approximate surface area is 577 Å². The van der Waals surface area contributed by atoms with Crippen molar-refractivity contribution in [2.45, 2.75) is 158 Å². The average molecular weight is 1470 g/mol. The van der Waals surface area contributed by atoms with E-state index in [4.69, 9.17) is 44.2 Å². The van der Waals surface area contributed by atoms with E-state index in [2.05, 4.69) is 114 Å². The van der Waals surface area contributed by atoms with Crippen molar-refractivity contribution in [3.63, 3.8) is 0 Å². The molecule has 0 aliphatic carbocycles. The molecule has 96 heavy (non-hydrogen) atoms. The molecule has 0 bridgehead atoms. The van der Waals surface area contributed by atoms with Crippen LogP contribution in [0.4, 0.5) is 23.3 Å². The monoisotopic (exact) mass is 1470 g/mol. The fourth-order valence-electron chi connectivity index (χ4n) is 9.49. The third kappa shape index (κ3) is 23.4. The van der Waals surface area contributed by atoms with Crippen molar-refractivity contribution in [1.29, 1.82) is 5.41 Å². The number of ether oxygens (including phenoxy) is 6. The lowest BCUT2D eigenvalue weighted by Crippen LogP contribution is -2.31. The number of anilines is 4. The van der Waals surface area contributed by atoms with Crippen LogP contribution < -0.4 is 51.5 Å². The number of pyridine rings is 4. The number of nitrogens with two attached hydrogens (primary N) is 1. The van der Waals surface area contributed by atoms with Crippen molar-refractivity contribution in [2.75, 3.05) is 66.8 Å². The van der Waals surface area contributed by atoms with E-state index in [1.165, 1.54) is 4.68 Å². The number of hydrogen-bond acceptors (Lipinski definition) is 23. The number of aryl methyl sites for hydroxylation is 10. The summed E-state index contributed by atoms with van der Waals surface area (Å²) in [6.07, 6.45) is 9.25. The molecule has 30 heteroatoms. The zero-order chi connectivity index (χ0) is 70.2. The van der Waals surface area contributed by atoms with Crippen LogP contribution in [0.25, 0.3) is 5.65 Å². The minimum atomic E-state index is -4.08. The van der Waals surface area contributed by atoms with E-state index in [0.717, 1.165) is 130 Å². The Morgan fingerprint density at radius 2 is 1.16 bits per heavy atom. The predicted molar refractivity (Wildman–Crippen MR) is 374 cm³/mol. The lowest BCUT2D eigenvalue weighted by atomic mass is 10.1. The summed E-state index contributed by atoms with van der Waals surface area (Å²) in [6, 6.07) is 19.4. The van der Waals surface area contributed by atoms with Gasteiger partial charge in [0.25, 0.3) is 16.0 Å². The quantitative estimate of drug-likeness (QED) is 0.0185. The summed E-state index contributed by atoms with van der Waals surface area (Å²) in [6.45, 7) is 28.6. The number of benzene rings is 1. The number of rotatable bonds is 13. The third-order valence-corrected chi connectivity index (χ3v) is 16.1. The zero-order valence-electron chi connectivity index (χ0n) is 56.5. The molecular formula is C66H88Br2N16O11S. The molecule has 0 fully saturated rings. The van der Waals surface area contributed by atoms with Gasteiger partial charge in [-0.05, 0) is 194 Å². The smallest absolute Gasteiger partial charge is 0.295 e. The van der Waals surface area contributed by atoms with Crippen LogP contribution in [-0.4, -0.2) is 138 Å². The number of aromatic nitrogens is 10. The maximum atomic E-state index is 10.9. The van der Waals surface area contributed by atoms with Crippen molar-refractivity contribution in [2.24, 2.45) is 0 Å². The molecule has 1 amide bonds. The first-order valence-electron chi connectivity index (χ1n) is 31.4. The van der Waals surface area contributed by atoms with Crippen LogP contribution in [-0.2, 0) is 48.4 Å². The van der Waals surface area contributed by atoms with Gasteiger partial charge in [-0.1, -0.05) is 31.0 Å². The van der Waals surface area contributed by atoms with Gasteiger partial charge in [0.2, 0.25) is 0 Å². The Morgan fingerprint density at radius 1 is 0.677 bits per heavy atom. The molecule has 7 aromatic heterocycles. The molecule has 0 spiro atoms. The van der Waals surface area contributed by atoms with Crippen LogP contribution in [0, 0.1) is 53.9 Å². The van der Waals surface area contributed by atoms with Crippen molar-refractivity contribution in [3.8, 4) is 23.0 Å². The summed E-state index contributed by atoms with van der Waals surface area (Å²) >= 11 is 6.50. The van der Waals surface area contributed by atoms with Crippen LogP contribution in [0.2, 0.25) is 0 Å². The fourth-order valence-corrected chi connectivity index (χ4v) is 11.0. The molecule has 8 aromatic rings. The topological polar surface area (TPSA) is 354 Å². The highest BCUT2D eigenvalue weighted by Gasteiger charge is 2.21. The number of aldehydes is 1. The second kappa shape index (κ2) is 37.2. The third-order valence-electron chi connectivity index (χ3n) is 14.1. The van der Waals surface area contributed by atoms with Crippen LogP contribution in [0.5, 0.6) is 23.0 Å². The van der Waals surface area contributed by atoms with Crippen LogP contribution in [0.3, 0.4) is 0 Å². The normalized spacial score (nSPS) is 15.2. The second-order valence-electron chi connectivity index (χ2n) is 22.7. The molecule has 11 heterocycles. The van der Waals surface area contributed by atoms with Crippen LogP contribution in [0.1, 0.15) is 117 Å². The number of amides is 1. The number of nitrogens with zero attached hydrogens (tertiary/aromatic N) is 10. The number of nitrogens with one attached hydrogen (secondary N) is 5. The summed E-state index contributed by atoms with van der Waals surface area (Å²) < 4.78 is 67.8. The van der Waals surface area contributed by atoms with Gasteiger partial charge < -0.3 is 60.3 Å². The molecule has 3 unspecified atom stereocenters.